The van der Waals surface area contributed by atoms with Gasteiger partial charge in [0.1, 0.15) is 5.69 Å². The van der Waals surface area contributed by atoms with E-state index in [4.69, 9.17) is 0 Å². The van der Waals surface area contributed by atoms with Gasteiger partial charge in [0.15, 0.2) is 0 Å². The summed E-state index contributed by atoms with van der Waals surface area (Å²) in [6.45, 7) is 2.10. The van der Waals surface area contributed by atoms with Gasteiger partial charge in [0, 0.05) is 38.4 Å². The molecule has 2 aromatic rings. The molecule has 3 N–H and O–H groups in total. The maximum absolute atomic E-state index is 12.5. The van der Waals surface area contributed by atoms with Crippen LogP contribution < -0.4 is 10.6 Å². The third-order valence-corrected chi connectivity index (χ3v) is 6.08. The number of hydrogen-bond donors (Lipinski definition) is 3. The lowest BCUT2D eigenvalue weighted by Gasteiger charge is -2.26. The molecule has 1 atom stereocenters. The summed E-state index contributed by atoms with van der Waals surface area (Å²) in [5, 5.41) is 16.4. The van der Waals surface area contributed by atoms with E-state index in [0.29, 0.717) is 23.8 Å². The standard InChI is InChI=1S/C24H30N4O3/c29-21(15-25-20-12-17-6-2-3-7-18(17)13-20)16-27-23(30)19-8-9-22(26-14-19)24(31)28-10-4-1-5-11-28/h2-3,6-9,14,20-21,25,29H,1,4-5,10-13,15-16H2,(H,27,30)/t21-/m0/s1. The molecule has 2 heterocycles. The number of aromatic nitrogens is 1. The quantitative estimate of drug-likeness (QED) is 0.630. The Morgan fingerprint density at radius 1 is 1.03 bits per heavy atom. The number of carbonyl (C=O) groups excluding carboxylic acids is 2. The van der Waals surface area contributed by atoms with Crippen molar-refractivity contribution >= 4 is 11.8 Å². The van der Waals surface area contributed by atoms with Crippen LogP contribution in [0.4, 0.5) is 0 Å². The van der Waals surface area contributed by atoms with Crippen LogP contribution in [0.25, 0.3) is 0 Å². The number of likely N-dealkylation sites (tertiary alicyclic amines) is 1. The molecule has 4 rings (SSSR count). The summed E-state index contributed by atoms with van der Waals surface area (Å²) in [6.07, 6.45) is 5.88. The second kappa shape index (κ2) is 10.0. The fraction of sp³-hybridized carbons (Fsp3) is 0.458. The summed E-state index contributed by atoms with van der Waals surface area (Å²) in [5.74, 6) is -0.390. The molecule has 164 valence electrons. The zero-order chi connectivity index (χ0) is 21.6. The van der Waals surface area contributed by atoms with Crippen LogP contribution in [-0.2, 0) is 12.8 Å². The average molecular weight is 423 g/mol. The molecule has 7 nitrogen and oxygen atoms in total. The number of nitrogens with zero attached hydrogens (tertiary/aromatic N) is 2. The van der Waals surface area contributed by atoms with Gasteiger partial charge in [0.25, 0.3) is 11.8 Å². The number of amides is 2. The van der Waals surface area contributed by atoms with Gasteiger partial charge in [0.05, 0.1) is 11.7 Å². The topological polar surface area (TPSA) is 94.6 Å². The van der Waals surface area contributed by atoms with Crippen LogP contribution in [-0.4, -0.2) is 65.1 Å². The first-order chi connectivity index (χ1) is 15.1. The molecule has 1 saturated heterocycles. The van der Waals surface area contributed by atoms with Gasteiger partial charge in [-0.15, -0.1) is 0 Å². The monoisotopic (exact) mass is 422 g/mol. The number of hydrogen-bond acceptors (Lipinski definition) is 5. The number of pyridine rings is 1. The number of fused-ring (bicyclic) bond motifs is 1. The van der Waals surface area contributed by atoms with Crippen LogP contribution >= 0.6 is 0 Å². The van der Waals surface area contributed by atoms with Crippen molar-refractivity contribution in [1.82, 2.24) is 20.5 Å². The average Bonchev–Trinajstić information content (AvgIpc) is 3.24. The zero-order valence-corrected chi connectivity index (χ0v) is 17.7. The minimum absolute atomic E-state index is 0.0813. The lowest BCUT2D eigenvalue weighted by molar-refractivity contribution is 0.0717. The zero-order valence-electron chi connectivity index (χ0n) is 17.7. The molecule has 1 fully saturated rings. The first-order valence-electron chi connectivity index (χ1n) is 11.1. The van der Waals surface area contributed by atoms with Crippen molar-refractivity contribution in [3.63, 3.8) is 0 Å². The Kier molecular flexibility index (Phi) is 6.94. The third kappa shape index (κ3) is 5.48. The molecule has 1 aromatic heterocycles. The Hall–Kier alpha value is -2.77. The predicted molar refractivity (Wildman–Crippen MR) is 118 cm³/mol. The summed E-state index contributed by atoms with van der Waals surface area (Å²) < 4.78 is 0. The Morgan fingerprint density at radius 3 is 2.39 bits per heavy atom. The van der Waals surface area contributed by atoms with E-state index in [1.54, 1.807) is 12.1 Å². The van der Waals surface area contributed by atoms with Gasteiger partial charge in [-0.1, -0.05) is 24.3 Å². The molecule has 2 amide bonds. The van der Waals surface area contributed by atoms with E-state index in [1.807, 2.05) is 4.90 Å². The third-order valence-electron chi connectivity index (χ3n) is 6.08. The predicted octanol–water partition coefficient (Wildman–Crippen LogP) is 1.56. The maximum atomic E-state index is 12.5. The van der Waals surface area contributed by atoms with Crippen molar-refractivity contribution in [2.45, 2.75) is 44.2 Å². The molecule has 0 bridgehead atoms. The highest BCUT2D eigenvalue weighted by atomic mass is 16.3. The molecule has 7 heteroatoms. The van der Waals surface area contributed by atoms with Gasteiger partial charge in [0.2, 0.25) is 0 Å². The second-order valence-electron chi connectivity index (χ2n) is 8.43. The lowest BCUT2D eigenvalue weighted by Crippen LogP contribution is -2.41. The molecule has 0 unspecified atom stereocenters. The molecule has 1 aliphatic carbocycles. The minimum Gasteiger partial charge on any atom is -0.390 e. The molecule has 0 saturated carbocycles. The van der Waals surface area contributed by atoms with E-state index in [2.05, 4.69) is 39.9 Å². The lowest BCUT2D eigenvalue weighted by atomic mass is 10.1. The highest BCUT2D eigenvalue weighted by Crippen LogP contribution is 2.21. The van der Waals surface area contributed by atoms with Gasteiger partial charge in [-0.25, -0.2) is 0 Å². The van der Waals surface area contributed by atoms with Crippen LogP contribution in [0.15, 0.2) is 42.6 Å². The number of carbonyl (C=O) groups is 2. The summed E-state index contributed by atoms with van der Waals surface area (Å²) >= 11 is 0. The minimum atomic E-state index is -0.680. The van der Waals surface area contributed by atoms with Crippen LogP contribution in [0, 0.1) is 0 Å². The second-order valence-corrected chi connectivity index (χ2v) is 8.43. The van der Waals surface area contributed by atoms with E-state index < -0.39 is 6.10 Å². The number of benzene rings is 1. The maximum Gasteiger partial charge on any atom is 0.272 e. The first kappa shape index (κ1) is 21.5. The van der Waals surface area contributed by atoms with Gasteiger partial charge < -0.3 is 20.6 Å². The Labute approximate surface area is 182 Å². The Morgan fingerprint density at radius 2 is 1.74 bits per heavy atom. The molecule has 31 heavy (non-hydrogen) atoms. The molecular weight excluding hydrogens is 392 g/mol. The van der Waals surface area contributed by atoms with Crippen molar-refractivity contribution in [2.75, 3.05) is 26.2 Å². The summed E-state index contributed by atoms with van der Waals surface area (Å²) in [7, 11) is 0. The van der Waals surface area contributed by atoms with Crippen molar-refractivity contribution in [2.24, 2.45) is 0 Å². The SMILES string of the molecule is O=C(NC[C@@H](O)CNC1Cc2ccccc2C1)c1ccc(C(=O)N2CCCCC2)nc1. The molecule has 1 aromatic carbocycles. The highest BCUT2D eigenvalue weighted by Gasteiger charge is 2.22. The number of rotatable bonds is 7. The highest BCUT2D eigenvalue weighted by molar-refractivity contribution is 5.96. The van der Waals surface area contributed by atoms with Crippen molar-refractivity contribution in [3.8, 4) is 0 Å². The number of aliphatic hydroxyl groups excluding tert-OH is 1. The number of nitrogens with one attached hydrogen (secondary N) is 2. The fourth-order valence-corrected chi connectivity index (χ4v) is 4.30. The number of aliphatic hydroxyl groups is 1. The first-order valence-corrected chi connectivity index (χ1v) is 11.1. The number of piperidine rings is 1. The van der Waals surface area contributed by atoms with Crippen LogP contribution in [0.3, 0.4) is 0 Å². The van der Waals surface area contributed by atoms with Crippen LogP contribution in [0.2, 0.25) is 0 Å². The van der Waals surface area contributed by atoms with Gasteiger partial charge in [-0.05, 0) is 55.4 Å². The molecule has 0 radical (unpaired) electrons. The van der Waals surface area contributed by atoms with Crippen molar-refractivity contribution < 1.29 is 14.7 Å². The van der Waals surface area contributed by atoms with E-state index in [1.165, 1.54) is 17.3 Å². The normalized spacial score (nSPS) is 17.3. The molecular formula is C24H30N4O3. The Balaban J connectivity index is 1.20. The molecule has 1 aliphatic heterocycles. The van der Waals surface area contributed by atoms with E-state index in [0.717, 1.165) is 45.2 Å². The van der Waals surface area contributed by atoms with E-state index >= 15 is 0 Å². The smallest absolute Gasteiger partial charge is 0.272 e. The summed E-state index contributed by atoms with van der Waals surface area (Å²) in [5.41, 5.74) is 3.46. The Bertz CT molecular complexity index is 884. The molecule has 0 spiro atoms. The fourth-order valence-electron chi connectivity index (χ4n) is 4.30. The van der Waals surface area contributed by atoms with Gasteiger partial charge in [-0.2, -0.15) is 0 Å². The van der Waals surface area contributed by atoms with E-state index in [9.17, 15) is 14.7 Å². The van der Waals surface area contributed by atoms with Gasteiger partial charge >= 0.3 is 0 Å². The van der Waals surface area contributed by atoms with E-state index in [-0.39, 0.29) is 18.4 Å². The summed E-state index contributed by atoms with van der Waals surface area (Å²) in [6, 6.07) is 11.9. The van der Waals surface area contributed by atoms with Gasteiger partial charge in [-0.3, -0.25) is 14.6 Å². The van der Waals surface area contributed by atoms with Crippen LogP contribution in [0.5, 0.6) is 0 Å². The summed E-state index contributed by atoms with van der Waals surface area (Å²) in [4.78, 5) is 30.8. The van der Waals surface area contributed by atoms with Crippen molar-refractivity contribution in [1.29, 1.82) is 0 Å². The van der Waals surface area contributed by atoms with Crippen LogP contribution in [0.1, 0.15) is 51.2 Å². The van der Waals surface area contributed by atoms with Crippen molar-refractivity contribution in [3.05, 3.63) is 65.0 Å². The molecule has 2 aliphatic rings. The largest absolute Gasteiger partial charge is 0.390 e.